The fraction of sp³-hybridized carbons (Fsp3) is 0.667. The average molecular weight is 377 g/mol. The van der Waals surface area contributed by atoms with Gasteiger partial charge < -0.3 is 20.1 Å². The topological polar surface area (TPSA) is 58.1 Å². The molecule has 1 aromatic carbocycles. The maximum atomic E-state index is 5.98. The van der Waals surface area contributed by atoms with Crippen LogP contribution in [0.15, 0.2) is 29.3 Å². The molecule has 0 aliphatic carbocycles. The molecular weight excluding hydrogens is 340 g/mol. The smallest absolute Gasteiger partial charge is 0.191 e. The highest BCUT2D eigenvalue weighted by Crippen LogP contribution is 2.25. The molecule has 6 nitrogen and oxygen atoms in total. The van der Waals surface area contributed by atoms with Crippen molar-refractivity contribution in [1.29, 1.82) is 0 Å². The van der Waals surface area contributed by atoms with Gasteiger partial charge in [-0.05, 0) is 31.4 Å². The minimum Gasteiger partial charge on any atom is -0.491 e. The second-order valence-electron chi connectivity index (χ2n) is 7.18. The summed E-state index contributed by atoms with van der Waals surface area (Å²) in [6.45, 7) is 15.2. The van der Waals surface area contributed by atoms with E-state index in [1.807, 2.05) is 12.1 Å². The van der Waals surface area contributed by atoms with Crippen LogP contribution in [0.4, 0.5) is 0 Å². The summed E-state index contributed by atoms with van der Waals surface area (Å²) in [7, 11) is 0. The number of nitrogens with zero attached hydrogens (tertiary/aromatic N) is 2. The number of aliphatic imine (C=N–C) groups is 1. The van der Waals surface area contributed by atoms with Crippen LogP contribution in [0.1, 0.15) is 39.2 Å². The summed E-state index contributed by atoms with van der Waals surface area (Å²) in [5.41, 5.74) is 1.25. The van der Waals surface area contributed by atoms with Crippen molar-refractivity contribution >= 4 is 5.96 Å². The molecule has 0 aromatic heterocycles. The highest BCUT2D eigenvalue weighted by Gasteiger charge is 2.16. The Kier molecular flexibility index (Phi) is 9.42. The molecule has 1 heterocycles. The Hall–Kier alpha value is -1.79. The zero-order valence-electron chi connectivity index (χ0n) is 17.3. The summed E-state index contributed by atoms with van der Waals surface area (Å²) < 4.78 is 11.4. The van der Waals surface area contributed by atoms with E-state index in [1.165, 1.54) is 5.56 Å². The number of ether oxygens (including phenoxy) is 2. The van der Waals surface area contributed by atoms with Gasteiger partial charge in [-0.25, -0.2) is 0 Å². The maximum absolute atomic E-state index is 5.98. The van der Waals surface area contributed by atoms with E-state index < -0.39 is 0 Å². The monoisotopic (exact) mass is 376 g/mol. The molecule has 0 saturated carbocycles. The SMILES string of the molecule is CCNC(=NCC(C)N1CCOCC1)NCCOc1ccccc1C(C)C. The largest absolute Gasteiger partial charge is 0.491 e. The van der Waals surface area contributed by atoms with Crippen LogP contribution < -0.4 is 15.4 Å². The van der Waals surface area contributed by atoms with Crippen molar-refractivity contribution in [1.82, 2.24) is 15.5 Å². The highest BCUT2D eigenvalue weighted by molar-refractivity contribution is 5.79. The summed E-state index contributed by atoms with van der Waals surface area (Å²) in [5, 5.41) is 6.68. The molecule has 0 radical (unpaired) electrons. The summed E-state index contributed by atoms with van der Waals surface area (Å²) >= 11 is 0. The van der Waals surface area contributed by atoms with Crippen LogP contribution in [0, 0.1) is 0 Å². The molecule has 2 N–H and O–H groups in total. The molecule has 1 atom stereocenters. The molecule has 27 heavy (non-hydrogen) atoms. The molecule has 1 aliphatic rings. The predicted octanol–water partition coefficient (Wildman–Crippen LogP) is 2.46. The molecule has 6 heteroatoms. The van der Waals surface area contributed by atoms with Crippen LogP contribution in [0.5, 0.6) is 5.75 Å². The number of guanidine groups is 1. The van der Waals surface area contributed by atoms with E-state index in [0.29, 0.717) is 25.1 Å². The van der Waals surface area contributed by atoms with Gasteiger partial charge in [0.2, 0.25) is 0 Å². The Balaban J connectivity index is 1.78. The Morgan fingerprint density at radius 1 is 1.19 bits per heavy atom. The maximum Gasteiger partial charge on any atom is 0.191 e. The molecule has 2 rings (SSSR count). The van der Waals surface area contributed by atoms with Crippen LogP contribution in [0.3, 0.4) is 0 Å². The van der Waals surface area contributed by atoms with Crippen LogP contribution in [0.2, 0.25) is 0 Å². The number of nitrogens with one attached hydrogen (secondary N) is 2. The fourth-order valence-electron chi connectivity index (χ4n) is 3.12. The van der Waals surface area contributed by atoms with E-state index in [9.17, 15) is 0 Å². The Morgan fingerprint density at radius 3 is 2.63 bits per heavy atom. The van der Waals surface area contributed by atoms with Crippen LogP contribution in [0.25, 0.3) is 0 Å². The fourth-order valence-corrected chi connectivity index (χ4v) is 3.12. The molecule has 0 amide bonds. The minimum atomic E-state index is 0.415. The van der Waals surface area contributed by atoms with E-state index in [4.69, 9.17) is 14.5 Å². The Morgan fingerprint density at radius 2 is 1.93 bits per heavy atom. The first-order chi connectivity index (χ1) is 13.1. The molecular formula is C21H36N4O2. The van der Waals surface area contributed by atoms with Gasteiger partial charge in [0.1, 0.15) is 12.4 Å². The zero-order valence-corrected chi connectivity index (χ0v) is 17.3. The van der Waals surface area contributed by atoms with E-state index >= 15 is 0 Å². The number of hydrogen-bond donors (Lipinski definition) is 2. The predicted molar refractivity (Wildman–Crippen MR) is 112 cm³/mol. The van der Waals surface area contributed by atoms with Crippen LogP contribution >= 0.6 is 0 Å². The summed E-state index contributed by atoms with van der Waals surface area (Å²) in [6.07, 6.45) is 0. The van der Waals surface area contributed by atoms with E-state index in [-0.39, 0.29) is 0 Å². The molecule has 152 valence electrons. The van der Waals surface area contributed by atoms with Gasteiger partial charge in [-0.15, -0.1) is 0 Å². The average Bonchev–Trinajstić information content (AvgIpc) is 2.69. The second-order valence-corrected chi connectivity index (χ2v) is 7.18. The van der Waals surface area contributed by atoms with Gasteiger partial charge in [0.25, 0.3) is 0 Å². The van der Waals surface area contributed by atoms with Crippen molar-refractivity contribution < 1.29 is 9.47 Å². The van der Waals surface area contributed by atoms with Crippen molar-refractivity contribution in [3.63, 3.8) is 0 Å². The van der Waals surface area contributed by atoms with Gasteiger partial charge in [-0.2, -0.15) is 0 Å². The van der Waals surface area contributed by atoms with E-state index in [0.717, 1.165) is 51.1 Å². The number of benzene rings is 1. The van der Waals surface area contributed by atoms with Crippen molar-refractivity contribution in [2.75, 3.05) is 52.5 Å². The minimum absolute atomic E-state index is 0.415. The lowest BCUT2D eigenvalue weighted by molar-refractivity contribution is 0.0220. The number of para-hydroxylation sites is 1. The third-order valence-corrected chi connectivity index (χ3v) is 4.72. The normalized spacial score (nSPS) is 17.0. The van der Waals surface area contributed by atoms with Crippen molar-refractivity contribution in [3.8, 4) is 5.75 Å². The first-order valence-corrected chi connectivity index (χ1v) is 10.2. The van der Waals surface area contributed by atoms with Gasteiger partial charge in [0.05, 0.1) is 26.3 Å². The van der Waals surface area contributed by atoms with Gasteiger partial charge in [-0.3, -0.25) is 9.89 Å². The molecule has 1 aromatic rings. The highest BCUT2D eigenvalue weighted by atomic mass is 16.5. The van der Waals surface area contributed by atoms with Gasteiger partial charge in [0.15, 0.2) is 5.96 Å². The Bertz CT molecular complexity index is 571. The van der Waals surface area contributed by atoms with E-state index in [1.54, 1.807) is 0 Å². The lowest BCUT2D eigenvalue weighted by atomic mass is 10.0. The molecule has 1 aliphatic heterocycles. The molecule has 1 saturated heterocycles. The first-order valence-electron chi connectivity index (χ1n) is 10.2. The van der Waals surface area contributed by atoms with Crippen molar-refractivity contribution in [2.24, 2.45) is 4.99 Å². The molecule has 1 unspecified atom stereocenters. The van der Waals surface area contributed by atoms with Crippen molar-refractivity contribution in [3.05, 3.63) is 29.8 Å². The molecule has 0 spiro atoms. The number of rotatable bonds is 9. The standard InChI is InChI=1S/C21H36N4O2/c1-5-22-21(24-16-18(4)25-11-14-26-15-12-25)23-10-13-27-20-9-7-6-8-19(20)17(2)3/h6-9,17-18H,5,10-16H2,1-4H3,(H2,22,23,24). The van der Waals surface area contributed by atoms with Crippen molar-refractivity contribution in [2.45, 2.75) is 39.7 Å². The third kappa shape index (κ3) is 7.39. The summed E-state index contributed by atoms with van der Waals surface area (Å²) in [4.78, 5) is 7.17. The van der Waals surface area contributed by atoms with Crippen LogP contribution in [-0.4, -0.2) is 69.4 Å². The van der Waals surface area contributed by atoms with E-state index in [2.05, 4.69) is 55.4 Å². The van der Waals surface area contributed by atoms with Crippen LogP contribution in [-0.2, 0) is 4.74 Å². The molecule has 0 bridgehead atoms. The lowest BCUT2D eigenvalue weighted by Crippen LogP contribution is -2.45. The second kappa shape index (κ2) is 11.8. The van der Waals surface area contributed by atoms with Gasteiger partial charge in [-0.1, -0.05) is 32.0 Å². The first kappa shape index (κ1) is 21.5. The number of hydrogen-bond acceptors (Lipinski definition) is 4. The Labute approximate surface area is 164 Å². The molecule has 1 fully saturated rings. The van der Waals surface area contributed by atoms with Gasteiger partial charge in [0, 0.05) is 25.7 Å². The summed E-state index contributed by atoms with van der Waals surface area (Å²) in [6, 6.07) is 8.67. The summed E-state index contributed by atoms with van der Waals surface area (Å²) in [5.74, 6) is 2.27. The number of morpholine rings is 1. The lowest BCUT2D eigenvalue weighted by Gasteiger charge is -2.31. The quantitative estimate of drug-likeness (QED) is 0.394. The third-order valence-electron chi connectivity index (χ3n) is 4.72. The zero-order chi connectivity index (χ0) is 19.5. The van der Waals surface area contributed by atoms with Gasteiger partial charge >= 0.3 is 0 Å².